The van der Waals surface area contributed by atoms with Crippen molar-refractivity contribution in [2.24, 2.45) is 0 Å². The molecule has 0 aliphatic heterocycles. The van der Waals surface area contributed by atoms with Crippen LogP contribution in [-0.2, 0) is 6.42 Å². The molecule has 0 saturated heterocycles. The molecule has 0 spiro atoms. The summed E-state index contributed by atoms with van der Waals surface area (Å²) in [6.07, 6.45) is 3.07. The molecule has 1 aliphatic carbocycles. The van der Waals surface area contributed by atoms with E-state index in [4.69, 9.17) is 0 Å². The van der Waals surface area contributed by atoms with Gasteiger partial charge < -0.3 is 4.98 Å². The number of hydrogen-bond acceptors (Lipinski definition) is 3. The van der Waals surface area contributed by atoms with Crippen LogP contribution >= 0.6 is 33.9 Å². The lowest BCUT2D eigenvalue weighted by molar-refractivity contribution is 0.874. The van der Waals surface area contributed by atoms with Crippen LogP contribution in [0.5, 0.6) is 0 Å². The first-order valence-corrected chi connectivity index (χ1v) is 7.51. The Bertz CT molecular complexity index is 587. The topological polar surface area (TPSA) is 45.8 Å². The van der Waals surface area contributed by atoms with Gasteiger partial charge in [0, 0.05) is 17.2 Å². The standard InChI is InChI=1S/C12H11IN2OS/c13-10-11(7-3-4-7)14-9(15-12(10)16)6-8-2-1-5-17-8/h1-2,5,7H,3-4,6H2,(H,14,15,16). The number of hydrogen-bond donors (Lipinski definition) is 1. The van der Waals surface area contributed by atoms with Crippen LogP contribution in [0.15, 0.2) is 22.3 Å². The predicted octanol–water partition coefficient (Wildman–Crippen LogP) is 2.90. The Morgan fingerprint density at radius 2 is 2.35 bits per heavy atom. The van der Waals surface area contributed by atoms with Crippen molar-refractivity contribution in [1.29, 1.82) is 0 Å². The van der Waals surface area contributed by atoms with Gasteiger partial charge in [-0.3, -0.25) is 4.79 Å². The maximum atomic E-state index is 11.8. The van der Waals surface area contributed by atoms with Gasteiger partial charge in [0.25, 0.3) is 5.56 Å². The van der Waals surface area contributed by atoms with Gasteiger partial charge in [0.05, 0.1) is 9.26 Å². The molecule has 17 heavy (non-hydrogen) atoms. The van der Waals surface area contributed by atoms with Gasteiger partial charge in [-0.2, -0.15) is 0 Å². The maximum Gasteiger partial charge on any atom is 0.264 e. The summed E-state index contributed by atoms with van der Waals surface area (Å²) in [6, 6.07) is 4.09. The van der Waals surface area contributed by atoms with Crippen molar-refractivity contribution in [3.63, 3.8) is 0 Å². The fraction of sp³-hybridized carbons (Fsp3) is 0.333. The first-order valence-electron chi connectivity index (χ1n) is 5.55. The van der Waals surface area contributed by atoms with Gasteiger partial charge >= 0.3 is 0 Å². The molecule has 2 heterocycles. The number of H-pyrrole nitrogens is 1. The van der Waals surface area contributed by atoms with Crippen LogP contribution in [0.2, 0.25) is 0 Å². The molecule has 2 aromatic heterocycles. The Labute approximate surface area is 116 Å². The van der Waals surface area contributed by atoms with E-state index in [1.54, 1.807) is 11.3 Å². The molecule has 1 saturated carbocycles. The van der Waals surface area contributed by atoms with Crippen LogP contribution in [0.4, 0.5) is 0 Å². The Balaban J connectivity index is 1.97. The second-order valence-corrected chi connectivity index (χ2v) is 6.35. The Kier molecular flexibility index (Phi) is 3.04. The maximum absolute atomic E-state index is 11.8. The average Bonchev–Trinajstić information content (AvgIpc) is 3.02. The number of halogens is 1. The third-order valence-electron chi connectivity index (χ3n) is 2.82. The van der Waals surface area contributed by atoms with Crippen molar-refractivity contribution in [1.82, 2.24) is 9.97 Å². The van der Waals surface area contributed by atoms with Crippen LogP contribution in [0.1, 0.15) is 35.2 Å². The minimum Gasteiger partial charge on any atom is -0.309 e. The predicted molar refractivity (Wildman–Crippen MR) is 76.7 cm³/mol. The van der Waals surface area contributed by atoms with Crippen molar-refractivity contribution in [2.75, 3.05) is 0 Å². The lowest BCUT2D eigenvalue weighted by atomic mass is 10.2. The number of nitrogens with zero attached hydrogens (tertiary/aromatic N) is 1. The van der Waals surface area contributed by atoms with Gasteiger partial charge in [-0.1, -0.05) is 6.07 Å². The van der Waals surface area contributed by atoms with E-state index in [9.17, 15) is 4.79 Å². The van der Waals surface area contributed by atoms with Gasteiger partial charge in [-0.25, -0.2) is 4.98 Å². The zero-order chi connectivity index (χ0) is 11.8. The van der Waals surface area contributed by atoms with Crippen LogP contribution in [-0.4, -0.2) is 9.97 Å². The summed E-state index contributed by atoms with van der Waals surface area (Å²) in [5.74, 6) is 1.31. The third-order valence-corrected chi connectivity index (χ3v) is 4.74. The first-order chi connectivity index (χ1) is 8.24. The second kappa shape index (κ2) is 4.53. The van der Waals surface area contributed by atoms with E-state index in [-0.39, 0.29) is 5.56 Å². The minimum absolute atomic E-state index is 0.00839. The molecule has 2 aromatic rings. The summed E-state index contributed by atoms with van der Waals surface area (Å²) < 4.78 is 0.764. The summed E-state index contributed by atoms with van der Waals surface area (Å²) in [5.41, 5.74) is 1.01. The average molecular weight is 358 g/mol. The van der Waals surface area contributed by atoms with Crippen molar-refractivity contribution in [2.45, 2.75) is 25.2 Å². The van der Waals surface area contributed by atoms with Crippen molar-refractivity contribution >= 4 is 33.9 Å². The van der Waals surface area contributed by atoms with Gasteiger partial charge in [0.1, 0.15) is 5.82 Å². The quantitative estimate of drug-likeness (QED) is 0.858. The number of aromatic nitrogens is 2. The minimum atomic E-state index is 0.00839. The van der Waals surface area contributed by atoms with E-state index in [0.29, 0.717) is 5.92 Å². The first kappa shape index (κ1) is 11.4. The van der Waals surface area contributed by atoms with Crippen LogP contribution in [0.25, 0.3) is 0 Å². The SMILES string of the molecule is O=c1[nH]c(Cc2cccs2)nc(C2CC2)c1I. The molecule has 0 aromatic carbocycles. The normalized spacial score (nSPS) is 15.1. The molecule has 3 nitrogen and oxygen atoms in total. The summed E-state index contributed by atoms with van der Waals surface area (Å²) in [6.45, 7) is 0. The van der Waals surface area contributed by atoms with Gasteiger partial charge in [0.2, 0.25) is 0 Å². The Hall–Kier alpha value is -0.690. The monoisotopic (exact) mass is 358 g/mol. The van der Waals surface area contributed by atoms with Crippen LogP contribution < -0.4 is 5.56 Å². The fourth-order valence-electron chi connectivity index (χ4n) is 1.81. The molecular weight excluding hydrogens is 347 g/mol. The molecular formula is C12H11IN2OS. The van der Waals surface area contributed by atoms with E-state index in [1.165, 1.54) is 17.7 Å². The molecule has 0 radical (unpaired) electrons. The highest BCUT2D eigenvalue weighted by Crippen LogP contribution is 2.40. The Morgan fingerprint density at radius 3 is 3.00 bits per heavy atom. The summed E-state index contributed by atoms with van der Waals surface area (Å²) in [4.78, 5) is 20.5. The van der Waals surface area contributed by atoms with E-state index in [1.807, 2.05) is 11.4 Å². The summed E-state index contributed by atoms with van der Waals surface area (Å²) in [7, 11) is 0. The highest BCUT2D eigenvalue weighted by Gasteiger charge is 2.28. The van der Waals surface area contributed by atoms with Crippen molar-refractivity contribution in [3.8, 4) is 0 Å². The molecule has 0 atom stereocenters. The lowest BCUT2D eigenvalue weighted by Gasteiger charge is -2.04. The van der Waals surface area contributed by atoms with Crippen LogP contribution in [0.3, 0.4) is 0 Å². The zero-order valence-corrected chi connectivity index (χ0v) is 12.0. The molecule has 1 aliphatic rings. The van der Waals surface area contributed by atoms with Crippen molar-refractivity contribution in [3.05, 3.63) is 47.8 Å². The summed E-state index contributed by atoms with van der Waals surface area (Å²) >= 11 is 3.80. The number of nitrogens with one attached hydrogen (secondary N) is 1. The molecule has 0 amide bonds. The van der Waals surface area contributed by atoms with E-state index >= 15 is 0 Å². The molecule has 5 heteroatoms. The van der Waals surface area contributed by atoms with E-state index < -0.39 is 0 Å². The molecule has 1 N–H and O–H groups in total. The Morgan fingerprint density at radius 1 is 1.53 bits per heavy atom. The number of aromatic amines is 1. The highest BCUT2D eigenvalue weighted by molar-refractivity contribution is 14.1. The highest BCUT2D eigenvalue weighted by atomic mass is 127. The molecule has 3 rings (SSSR count). The van der Waals surface area contributed by atoms with E-state index in [0.717, 1.165) is 21.5 Å². The van der Waals surface area contributed by atoms with Crippen molar-refractivity contribution < 1.29 is 0 Å². The molecule has 1 fully saturated rings. The number of thiophene rings is 1. The third kappa shape index (κ3) is 2.44. The molecule has 0 bridgehead atoms. The zero-order valence-electron chi connectivity index (χ0n) is 9.07. The number of rotatable bonds is 3. The van der Waals surface area contributed by atoms with Crippen LogP contribution in [0, 0.1) is 3.57 Å². The fourth-order valence-corrected chi connectivity index (χ4v) is 3.22. The molecule has 0 unspecified atom stereocenters. The van der Waals surface area contributed by atoms with Gasteiger partial charge in [-0.15, -0.1) is 11.3 Å². The van der Waals surface area contributed by atoms with Gasteiger partial charge in [-0.05, 0) is 46.9 Å². The second-order valence-electron chi connectivity index (χ2n) is 4.24. The largest absolute Gasteiger partial charge is 0.309 e. The molecule has 88 valence electrons. The lowest BCUT2D eigenvalue weighted by Crippen LogP contribution is -2.17. The van der Waals surface area contributed by atoms with E-state index in [2.05, 4.69) is 38.6 Å². The smallest absolute Gasteiger partial charge is 0.264 e. The summed E-state index contributed by atoms with van der Waals surface area (Å²) in [5, 5.41) is 2.04. The van der Waals surface area contributed by atoms with Gasteiger partial charge in [0.15, 0.2) is 0 Å².